The van der Waals surface area contributed by atoms with Crippen molar-refractivity contribution in [1.82, 2.24) is 10.6 Å². The molecule has 2 aromatic rings. The molecule has 0 aliphatic carbocycles. The Morgan fingerprint density at radius 1 is 0.966 bits per heavy atom. The van der Waals surface area contributed by atoms with E-state index in [9.17, 15) is 9.59 Å². The second-order valence-corrected chi connectivity index (χ2v) is 6.51. The molecule has 0 aliphatic heterocycles. The van der Waals surface area contributed by atoms with Crippen molar-refractivity contribution in [2.24, 2.45) is 0 Å². The van der Waals surface area contributed by atoms with Crippen LogP contribution in [-0.2, 0) is 4.79 Å². The minimum absolute atomic E-state index is 0.0643. The summed E-state index contributed by atoms with van der Waals surface area (Å²) in [6, 6.07) is 14.0. The highest BCUT2D eigenvalue weighted by molar-refractivity contribution is 5.96. The summed E-state index contributed by atoms with van der Waals surface area (Å²) in [6.07, 6.45) is 0. The van der Waals surface area contributed by atoms with Gasteiger partial charge in [-0.25, -0.2) is 4.79 Å². The molecule has 2 aromatic carbocycles. The molecule has 0 radical (unpaired) electrons. The van der Waals surface area contributed by atoms with Crippen molar-refractivity contribution in [2.75, 3.05) is 20.3 Å². The van der Waals surface area contributed by atoms with Crippen LogP contribution in [0.4, 0.5) is 4.79 Å². The Labute approximate surface area is 171 Å². The van der Waals surface area contributed by atoms with E-state index in [1.165, 1.54) is 7.05 Å². The lowest BCUT2D eigenvalue weighted by molar-refractivity contribution is -0.719. The summed E-state index contributed by atoms with van der Waals surface area (Å²) >= 11 is 0. The van der Waals surface area contributed by atoms with E-state index in [1.807, 2.05) is 74.6 Å². The van der Waals surface area contributed by atoms with E-state index in [4.69, 9.17) is 9.47 Å². The molecule has 0 saturated heterocycles. The number of imide groups is 1. The zero-order valence-electron chi connectivity index (χ0n) is 17.4. The number of rotatable bonds is 9. The van der Waals surface area contributed by atoms with Crippen molar-refractivity contribution in [1.29, 1.82) is 0 Å². The largest absolute Gasteiger partial charge is 0.490 e. The number of ether oxygens (including phenoxy) is 2. The molecule has 0 aliphatic rings. The van der Waals surface area contributed by atoms with Gasteiger partial charge in [0.25, 0.3) is 5.91 Å². The van der Waals surface area contributed by atoms with E-state index in [0.29, 0.717) is 24.7 Å². The first kappa shape index (κ1) is 22.2. The molecule has 156 valence electrons. The predicted octanol–water partition coefficient (Wildman–Crippen LogP) is 2.31. The number of nitrogens with one attached hydrogen (secondary N) is 2. The maximum atomic E-state index is 12.7. The van der Waals surface area contributed by atoms with Gasteiger partial charge in [0.1, 0.15) is 6.04 Å². The molecule has 2 rings (SSSR count). The fraction of sp³-hybridized carbons (Fsp3) is 0.364. The van der Waals surface area contributed by atoms with Gasteiger partial charge in [-0.2, -0.15) is 0 Å². The summed E-state index contributed by atoms with van der Waals surface area (Å²) in [5, 5.41) is 6.72. The topological polar surface area (TPSA) is 93.3 Å². The van der Waals surface area contributed by atoms with Gasteiger partial charge in [-0.15, -0.1) is 0 Å². The molecule has 0 aromatic heterocycles. The average molecular weight is 400 g/mol. The number of carbonyl (C=O) groups excluding carboxylic acids is 2. The van der Waals surface area contributed by atoms with Crippen molar-refractivity contribution < 1.29 is 24.4 Å². The van der Waals surface area contributed by atoms with Crippen LogP contribution in [0.15, 0.2) is 48.5 Å². The van der Waals surface area contributed by atoms with Crippen molar-refractivity contribution in [3.05, 3.63) is 59.7 Å². The molecule has 29 heavy (non-hydrogen) atoms. The van der Waals surface area contributed by atoms with Crippen LogP contribution >= 0.6 is 0 Å². The van der Waals surface area contributed by atoms with E-state index in [1.54, 1.807) is 0 Å². The lowest BCUT2D eigenvalue weighted by Crippen LogP contribution is -2.88. The van der Waals surface area contributed by atoms with Gasteiger partial charge < -0.3 is 20.1 Å². The first-order valence-electron chi connectivity index (χ1n) is 9.82. The van der Waals surface area contributed by atoms with Crippen LogP contribution in [-0.4, -0.2) is 32.2 Å². The number of quaternary nitrogens is 1. The third-order valence-electron chi connectivity index (χ3n) is 4.48. The molecule has 0 saturated carbocycles. The summed E-state index contributed by atoms with van der Waals surface area (Å²) < 4.78 is 11.3. The number of urea groups is 1. The maximum absolute atomic E-state index is 12.7. The van der Waals surface area contributed by atoms with Crippen LogP contribution in [0.1, 0.15) is 44.0 Å². The minimum atomic E-state index is -0.578. The van der Waals surface area contributed by atoms with Gasteiger partial charge in [0, 0.05) is 18.2 Å². The maximum Gasteiger partial charge on any atom is 0.321 e. The fourth-order valence-electron chi connectivity index (χ4n) is 3.01. The van der Waals surface area contributed by atoms with Gasteiger partial charge in [0.05, 0.1) is 13.2 Å². The monoisotopic (exact) mass is 400 g/mol. The van der Waals surface area contributed by atoms with E-state index in [0.717, 1.165) is 11.1 Å². The molecule has 2 atom stereocenters. The van der Waals surface area contributed by atoms with Crippen molar-refractivity contribution >= 4 is 11.9 Å². The van der Waals surface area contributed by atoms with Crippen LogP contribution in [0.2, 0.25) is 0 Å². The quantitative estimate of drug-likeness (QED) is 0.602. The summed E-state index contributed by atoms with van der Waals surface area (Å²) in [6.45, 7) is 6.94. The Kier molecular flexibility index (Phi) is 8.48. The molecule has 3 amide bonds. The number of carbonyl (C=O) groups is 2. The molecular formula is C22H30N3O4+. The Morgan fingerprint density at radius 3 is 2.24 bits per heavy atom. The molecule has 0 spiro atoms. The van der Waals surface area contributed by atoms with Crippen molar-refractivity contribution in [3.8, 4) is 11.5 Å². The van der Waals surface area contributed by atoms with Gasteiger partial charge in [-0.1, -0.05) is 30.3 Å². The zero-order chi connectivity index (χ0) is 21.2. The highest BCUT2D eigenvalue weighted by Gasteiger charge is 2.28. The van der Waals surface area contributed by atoms with Crippen LogP contribution in [0.5, 0.6) is 11.5 Å². The summed E-state index contributed by atoms with van der Waals surface area (Å²) in [7, 11) is 1.47. The molecule has 0 bridgehead atoms. The first-order valence-corrected chi connectivity index (χ1v) is 9.82. The number of benzene rings is 2. The Hall–Kier alpha value is -3.06. The standard InChI is InChI=1S/C22H29N3O4/c1-5-28-18-13-12-17(14-19(18)29-6-2)15(3)24-20(16-10-8-7-9-11-16)21(26)25-22(27)23-4/h7-15,20,24H,5-6H2,1-4H3,(H2,23,25,26,27)/p+1/t15-,20-/m0/s1. The number of hydrogen-bond acceptors (Lipinski definition) is 4. The normalized spacial score (nSPS) is 12.6. The average Bonchev–Trinajstić information content (AvgIpc) is 2.73. The van der Waals surface area contributed by atoms with Crippen molar-refractivity contribution in [3.63, 3.8) is 0 Å². The van der Waals surface area contributed by atoms with Crippen LogP contribution in [0.3, 0.4) is 0 Å². The second kappa shape index (κ2) is 11.1. The van der Waals surface area contributed by atoms with Crippen LogP contribution in [0, 0.1) is 0 Å². The van der Waals surface area contributed by atoms with Gasteiger partial charge in [-0.05, 0) is 39.0 Å². The number of hydrogen-bond donors (Lipinski definition) is 3. The van der Waals surface area contributed by atoms with Crippen LogP contribution < -0.4 is 25.4 Å². The van der Waals surface area contributed by atoms with E-state index in [-0.39, 0.29) is 11.9 Å². The van der Waals surface area contributed by atoms with Gasteiger partial charge in [0.15, 0.2) is 17.5 Å². The highest BCUT2D eigenvalue weighted by Crippen LogP contribution is 2.30. The second-order valence-electron chi connectivity index (χ2n) is 6.51. The van der Waals surface area contributed by atoms with Gasteiger partial charge in [0.2, 0.25) is 0 Å². The third-order valence-corrected chi connectivity index (χ3v) is 4.48. The summed E-state index contributed by atoms with van der Waals surface area (Å²) in [5.41, 5.74) is 1.81. The Balaban J connectivity index is 2.27. The predicted molar refractivity (Wildman–Crippen MR) is 111 cm³/mol. The number of nitrogens with two attached hydrogens (primary N) is 1. The third kappa shape index (κ3) is 6.22. The molecule has 7 nitrogen and oxygen atoms in total. The highest BCUT2D eigenvalue weighted by atomic mass is 16.5. The van der Waals surface area contributed by atoms with Gasteiger partial charge in [-0.3, -0.25) is 10.1 Å². The van der Waals surface area contributed by atoms with E-state index in [2.05, 4.69) is 10.6 Å². The van der Waals surface area contributed by atoms with Gasteiger partial charge >= 0.3 is 6.03 Å². The summed E-state index contributed by atoms with van der Waals surface area (Å²) in [5.74, 6) is 0.999. The van der Waals surface area contributed by atoms with Crippen LogP contribution in [0.25, 0.3) is 0 Å². The van der Waals surface area contributed by atoms with E-state index < -0.39 is 12.1 Å². The summed E-state index contributed by atoms with van der Waals surface area (Å²) in [4.78, 5) is 24.4. The SMILES string of the molecule is CCOc1ccc([C@H](C)[NH2+][C@H](C(=O)NC(=O)NC)c2ccccc2)cc1OCC. The molecule has 0 fully saturated rings. The molecular weight excluding hydrogens is 370 g/mol. The minimum Gasteiger partial charge on any atom is -0.490 e. The van der Waals surface area contributed by atoms with Crippen molar-refractivity contribution in [2.45, 2.75) is 32.9 Å². The molecule has 0 unspecified atom stereocenters. The first-order chi connectivity index (χ1) is 14.0. The molecule has 7 heteroatoms. The zero-order valence-corrected chi connectivity index (χ0v) is 17.4. The smallest absolute Gasteiger partial charge is 0.321 e. The Bertz CT molecular complexity index is 811. The number of amides is 3. The lowest BCUT2D eigenvalue weighted by atomic mass is 10.0. The van der Waals surface area contributed by atoms with E-state index >= 15 is 0 Å². The molecule has 4 N–H and O–H groups in total. The fourth-order valence-corrected chi connectivity index (χ4v) is 3.01. The Morgan fingerprint density at radius 2 is 1.62 bits per heavy atom. The molecule has 0 heterocycles. The lowest BCUT2D eigenvalue weighted by Gasteiger charge is -2.21.